The number of fused-ring (bicyclic) bond motifs is 1. The Balaban J connectivity index is 1.70. The highest BCUT2D eigenvalue weighted by Gasteiger charge is 2.40. The van der Waals surface area contributed by atoms with E-state index in [0.717, 1.165) is 10.5 Å². The maximum Gasteiger partial charge on any atom is 0.312 e. The summed E-state index contributed by atoms with van der Waals surface area (Å²) in [5, 5.41) is 11.1. The number of nitro benzene ring substituents is 1. The number of carbonyl (C=O) groups is 3. The van der Waals surface area contributed by atoms with E-state index in [1.54, 1.807) is 18.2 Å². The van der Waals surface area contributed by atoms with Gasteiger partial charge in [0.05, 0.1) is 16.9 Å². The van der Waals surface area contributed by atoms with Gasteiger partial charge in [-0.2, -0.15) is 0 Å². The number of rotatable bonds is 5. The van der Waals surface area contributed by atoms with Gasteiger partial charge in [-0.1, -0.05) is 18.2 Å². The molecular formula is C18H14N2O6. The van der Waals surface area contributed by atoms with Crippen molar-refractivity contribution in [1.82, 2.24) is 4.90 Å². The Morgan fingerprint density at radius 3 is 2.58 bits per heavy atom. The number of ether oxygens (including phenoxy) is 1. The Bertz CT molecular complexity index is 937. The quantitative estimate of drug-likeness (QED) is 0.268. The minimum Gasteiger partial charge on any atom is -0.426 e. The molecule has 0 aromatic heterocycles. The third kappa shape index (κ3) is 3.16. The number of hydrogen-bond donors (Lipinski definition) is 0. The summed E-state index contributed by atoms with van der Waals surface area (Å²) in [5.41, 5.74) is 0.222. The van der Waals surface area contributed by atoms with Crippen molar-refractivity contribution < 1.29 is 24.0 Å². The molecule has 2 aromatic carbocycles. The molecular weight excluding hydrogens is 340 g/mol. The average Bonchev–Trinajstić information content (AvgIpc) is 2.84. The molecule has 0 atom stereocenters. The predicted octanol–water partition coefficient (Wildman–Crippen LogP) is 2.49. The highest BCUT2D eigenvalue weighted by atomic mass is 16.6. The van der Waals surface area contributed by atoms with Gasteiger partial charge in [0.15, 0.2) is 0 Å². The van der Waals surface area contributed by atoms with Crippen molar-refractivity contribution in [2.24, 2.45) is 0 Å². The molecule has 0 aliphatic carbocycles. The van der Waals surface area contributed by atoms with E-state index in [-0.39, 0.29) is 24.1 Å². The molecule has 1 heterocycles. The number of aryl methyl sites for hydroxylation is 1. The standard InChI is InChI=1S/C18H14N2O6/c1-11-4-2-5-12(10-11)26-15(21)8-9-19-17(22)13-6-3-7-14(20(24)25)16(13)18(19)23/h2-7,10H,8-9H2,1H3. The van der Waals surface area contributed by atoms with Crippen molar-refractivity contribution in [3.63, 3.8) is 0 Å². The summed E-state index contributed by atoms with van der Waals surface area (Å²) in [6, 6.07) is 10.8. The molecule has 0 saturated heterocycles. The van der Waals surface area contributed by atoms with E-state index in [1.807, 2.05) is 13.0 Å². The molecule has 0 bridgehead atoms. The fourth-order valence-corrected chi connectivity index (χ4v) is 2.74. The molecule has 3 rings (SSSR count). The van der Waals surface area contributed by atoms with Gasteiger partial charge in [-0.15, -0.1) is 0 Å². The van der Waals surface area contributed by atoms with E-state index in [4.69, 9.17) is 4.74 Å². The number of imide groups is 1. The van der Waals surface area contributed by atoms with Crippen LogP contribution >= 0.6 is 0 Å². The summed E-state index contributed by atoms with van der Waals surface area (Å²) >= 11 is 0. The largest absolute Gasteiger partial charge is 0.426 e. The highest BCUT2D eigenvalue weighted by molar-refractivity contribution is 6.23. The SMILES string of the molecule is Cc1cccc(OC(=O)CCN2C(=O)c3cccc([N+](=O)[O-])c3C2=O)c1. The second-order valence-electron chi connectivity index (χ2n) is 5.76. The van der Waals surface area contributed by atoms with Crippen molar-refractivity contribution in [2.75, 3.05) is 6.54 Å². The van der Waals surface area contributed by atoms with Crippen LogP contribution in [0.3, 0.4) is 0 Å². The lowest BCUT2D eigenvalue weighted by Crippen LogP contribution is -2.32. The molecule has 8 nitrogen and oxygen atoms in total. The normalized spacial score (nSPS) is 12.9. The molecule has 2 aromatic rings. The fraction of sp³-hybridized carbons (Fsp3) is 0.167. The Morgan fingerprint density at radius 2 is 1.88 bits per heavy atom. The second-order valence-corrected chi connectivity index (χ2v) is 5.76. The lowest BCUT2D eigenvalue weighted by molar-refractivity contribution is -0.385. The molecule has 2 amide bonds. The van der Waals surface area contributed by atoms with Crippen LogP contribution in [0.15, 0.2) is 42.5 Å². The van der Waals surface area contributed by atoms with Gasteiger partial charge in [0.1, 0.15) is 11.3 Å². The van der Waals surface area contributed by atoms with Crippen LogP contribution in [0.25, 0.3) is 0 Å². The van der Waals surface area contributed by atoms with E-state index >= 15 is 0 Å². The number of benzene rings is 2. The monoisotopic (exact) mass is 354 g/mol. The van der Waals surface area contributed by atoms with E-state index < -0.39 is 28.4 Å². The average molecular weight is 354 g/mol. The summed E-state index contributed by atoms with van der Waals surface area (Å²) in [6.07, 6.45) is -0.215. The summed E-state index contributed by atoms with van der Waals surface area (Å²) in [5.74, 6) is -1.67. The van der Waals surface area contributed by atoms with Gasteiger partial charge in [-0.3, -0.25) is 29.4 Å². The van der Waals surface area contributed by atoms with E-state index in [1.165, 1.54) is 18.2 Å². The molecule has 1 aliphatic rings. The third-order valence-electron chi connectivity index (χ3n) is 3.93. The van der Waals surface area contributed by atoms with Gasteiger partial charge in [-0.25, -0.2) is 0 Å². The van der Waals surface area contributed by atoms with Gasteiger partial charge >= 0.3 is 5.97 Å². The van der Waals surface area contributed by atoms with Crippen molar-refractivity contribution >= 4 is 23.5 Å². The van der Waals surface area contributed by atoms with Crippen molar-refractivity contribution in [1.29, 1.82) is 0 Å². The van der Waals surface area contributed by atoms with Crippen molar-refractivity contribution in [3.8, 4) is 5.75 Å². The van der Waals surface area contributed by atoms with Crippen LogP contribution in [0.1, 0.15) is 32.7 Å². The number of esters is 1. The lowest BCUT2D eigenvalue weighted by atomic mass is 10.1. The maximum absolute atomic E-state index is 12.4. The second kappa shape index (κ2) is 6.75. The Kier molecular flexibility index (Phi) is 4.49. The van der Waals surface area contributed by atoms with E-state index in [2.05, 4.69) is 0 Å². The first-order valence-corrected chi connectivity index (χ1v) is 7.79. The topological polar surface area (TPSA) is 107 Å². The Labute approximate surface area is 148 Å². The molecule has 0 N–H and O–H groups in total. The smallest absolute Gasteiger partial charge is 0.312 e. The summed E-state index contributed by atoms with van der Waals surface area (Å²) in [7, 11) is 0. The molecule has 0 radical (unpaired) electrons. The van der Waals surface area contributed by atoms with Gasteiger partial charge in [0, 0.05) is 12.6 Å². The van der Waals surface area contributed by atoms with Gasteiger partial charge in [-0.05, 0) is 30.7 Å². The number of amides is 2. The van der Waals surface area contributed by atoms with Crippen LogP contribution in [0.2, 0.25) is 0 Å². The van der Waals surface area contributed by atoms with Crippen LogP contribution in [-0.2, 0) is 4.79 Å². The van der Waals surface area contributed by atoms with Crippen molar-refractivity contribution in [2.45, 2.75) is 13.3 Å². The molecule has 0 unspecified atom stereocenters. The maximum atomic E-state index is 12.4. The zero-order valence-electron chi connectivity index (χ0n) is 13.8. The molecule has 0 spiro atoms. The minimum atomic E-state index is -0.777. The Morgan fingerprint density at radius 1 is 1.15 bits per heavy atom. The first kappa shape index (κ1) is 17.3. The first-order valence-electron chi connectivity index (χ1n) is 7.79. The number of nitro groups is 1. The van der Waals surface area contributed by atoms with E-state index in [0.29, 0.717) is 5.75 Å². The molecule has 26 heavy (non-hydrogen) atoms. The molecule has 0 saturated carbocycles. The van der Waals surface area contributed by atoms with E-state index in [9.17, 15) is 24.5 Å². The summed E-state index contributed by atoms with van der Waals surface area (Å²) in [6.45, 7) is 1.64. The van der Waals surface area contributed by atoms with Crippen LogP contribution in [0.5, 0.6) is 5.75 Å². The number of carbonyl (C=O) groups excluding carboxylic acids is 3. The minimum absolute atomic E-state index is 0.0312. The lowest BCUT2D eigenvalue weighted by Gasteiger charge is -2.13. The van der Waals surface area contributed by atoms with Crippen molar-refractivity contribution in [3.05, 3.63) is 69.3 Å². The number of hydrogen-bond acceptors (Lipinski definition) is 6. The van der Waals surface area contributed by atoms with Crippen LogP contribution < -0.4 is 4.74 Å². The fourth-order valence-electron chi connectivity index (χ4n) is 2.74. The highest BCUT2D eigenvalue weighted by Crippen LogP contribution is 2.30. The van der Waals surface area contributed by atoms with Gasteiger partial charge in [0.2, 0.25) is 0 Å². The summed E-state index contributed by atoms with van der Waals surface area (Å²) in [4.78, 5) is 47.9. The van der Waals surface area contributed by atoms with Gasteiger partial charge in [0.25, 0.3) is 17.5 Å². The van der Waals surface area contributed by atoms with Gasteiger partial charge < -0.3 is 4.74 Å². The predicted molar refractivity (Wildman–Crippen MR) is 89.9 cm³/mol. The third-order valence-corrected chi connectivity index (χ3v) is 3.93. The Hall–Kier alpha value is -3.55. The molecule has 132 valence electrons. The molecule has 8 heteroatoms. The molecule has 0 fully saturated rings. The van der Waals surface area contributed by atoms with Crippen LogP contribution in [0, 0.1) is 17.0 Å². The number of nitrogens with zero attached hydrogens (tertiary/aromatic N) is 2. The molecule has 1 aliphatic heterocycles. The zero-order chi connectivity index (χ0) is 18.8. The van der Waals surface area contributed by atoms with Crippen LogP contribution in [-0.4, -0.2) is 34.2 Å². The van der Waals surface area contributed by atoms with Crippen LogP contribution in [0.4, 0.5) is 5.69 Å². The zero-order valence-corrected chi connectivity index (χ0v) is 13.8. The summed E-state index contributed by atoms with van der Waals surface area (Å²) < 4.78 is 5.17. The first-order chi connectivity index (χ1) is 12.4.